The molecule has 0 N–H and O–H groups in total. The van der Waals surface area contributed by atoms with E-state index < -0.39 is 0 Å². The van der Waals surface area contributed by atoms with E-state index in [4.69, 9.17) is 0 Å². The Balaban J connectivity index is 1.63. The van der Waals surface area contributed by atoms with E-state index in [1.165, 1.54) is 63.9 Å². The molecule has 1 saturated heterocycles. The van der Waals surface area contributed by atoms with Crippen molar-refractivity contribution in [3.8, 4) is 0 Å². The fraction of sp³-hybridized carbons (Fsp3) is 0.526. The van der Waals surface area contributed by atoms with Crippen molar-refractivity contribution >= 4 is 12.0 Å². The predicted molar refractivity (Wildman–Crippen MR) is 88.4 cm³/mol. The van der Waals surface area contributed by atoms with Crippen molar-refractivity contribution in [1.29, 1.82) is 0 Å². The lowest BCUT2D eigenvalue weighted by Gasteiger charge is -2.33. The Morgan fingerprint density at radius 1 is 1.23 bits per heavy atom. The first kappa shape index (κ1) is 15.3. The van der Waals surface area contributed by atoms with Gasteiger partial charge in [0.15, 0.2) is 0 Å². The van der Waals surface area contributed by atoms with Gasteiger partial charge in [0.1, 0.15) is 0 Å². The minimum absolute atomic E-state index is 0.313. The van der Waals surface area contributed by atoms with E-state index in [1.54, 1.807) is 6.08 Å². The smallest absolute Gasteiger partial charge is 0.330 e. The van der Waals surface area contributed by atoms with E-state index >= 15 is 0 Å². The van der Waals surface area contributed by atoms with Gasteiger partial charge in [-0.2, -0.15) is 0 Å². The summed E-state index contributed by atoms with van der Waals surface area (Å²) in [6.45, 7) is 2.51. The molecule has 1 aromatic rings. The average Bonchev–Trinajstić information content (AvgIpc) is 2.97. The van der Waals surface area contributed by atoms with E-state index in [0.717, 1.165) is 11.5 Å². The Kier molecular flexibility index (Phi) is 4.94. The Bertz CT molecular complexity index is 531. The standard InChI is InChI=1S/C19H25NO2/c1-22-19(21)12-9-15-7-10-17(11-8-15)18-6-3-13-20(18)14-16-4-2-5-16/h7-12,16,18H,2-6,13-14H2,1H3. The van der Waals surface area contributed by atoms with Crippen molar-refractivity contribution in [2.24, 2.45) is 5.92 Å². The van der Waals surface area contributed by atoms with Crippen LogP contribution in [0.15, 0.2) is 30.3 Å². The van der Waals surface area contributed by atoms with Crippen LogP contribution in [0.25, 0.3) is 6.08 Å². The van der Waals surface area contributed by atoms with Gasteiger partial charge in [0.2, 0.25) is 0 Å². The number of carbonyl (C=O) groups is 1. The highest BCUT2D eigenvalue weighted by atomic mass is 16.5. The van der Waals surface area contributed by atoms with Crippen LogP contribution in [0.4, 0.5) is 0 Å². The molecule has 1 aliphatic carbocycles. The van der Waals surface area contributed by atoms with Gasteiger partial charge in [0, 0.05) is 18.7 Å². The topological polar surface area (TPSA) is 29.5 Å². The number of nitrogens with zero attached hydrogens (tertiary/aromatic N) is 1. The van der Waals surface area contributed by atoms with Crippen LogP contribution < -0.4 is 0 Å². The highest BCUT2D eigenvalue weighted by Gasteiger charge is 2.29. The zero-order valence-corrected chi connectivity index (χ0v) is 13.3. The molecule has 3 nitrogen and oxygen atoms in total. The van der Waals surface area contributed by atoms with Gasteiger partial charge >= 0.3 is 5.97 Å². The molecule has 1 saturated carbocycles. The molecule has 1 aliphatic heterocycles. The molecule has 1 atom stereocenters. The Morgan fingerprint density at radius 3 is 2.64 bits per heavy atom. The number of esters is 1. The molecule has 2 aliphatic rings. The first-order chi connectivity index (χ1) is 10.8. The molecule has 1 heterocycles. The summed E-state index contributed by atoms with van der Waals surface area (Å²) in [6.07, 6.45) is 10.1. The molecule has 1 aromatic carbocycles. The van der Waals surface area contributed by atoms with Crippen molar-refractivity contribution in [1.82, 2.24) is 4.90 Å². The van der Waals surface area contributed by atoms with Gasteiger partial charge in [-0.1, -0.05) is 30.7 Å². The molecule has 1 unspecified atom stereocenters. The van der Waals surface area contributed by atoms with Gasteiger partial charge in [-0.25, -0.2) is 4.79 Å². The highest BCUT2D eigenvalue weighted by molar-refractivity contribution is 5.86. The van der Waals surface area contributed by atoms with Crippen LogP contribution in [-0.4, -0.2) is 31.1 Å². The third-order valence-electron chi connectivity index (χ3n) is 5.02. The second-order valence-corrected chi connectivity index (χ2v) is 6.47. The summed E-state index contributed by atoms with van der Waals surface area (Å²) in [7, 11) is 1.40. The molecular weight excluding hydrogens is 274 g/mol. The molecule has 0 aromatic heterocycles. The van der Waals surface area contributed by atoms with Crippen molar-refractivity contribution < 1.29 is 9.53 Å². The number of benzene rings is 1. The molecule has 22 heavy (non-hydrogen) atoms. The predicted octanol–water partition coefficient (Wildman–Crippen LogP) is 3.81. The summed E-state index contributed by atoms with van der Waals surface area (Å²) in [5, 5.41) is 0. The summed E-state index contributed by atoms with van der Waals surface area (Å²) in [5.41, 5.74) is 2.45. The minimum atomic E-state index is -0.313. The van der Waals surface area contributed by atoms with E-state index in [0.29, 0.717) is 6.04 Å². The zero-order chi connectivity index (χ0) is 15.4. The van der Waals surface area contributed by atoms with Crippen LogP contribution in [0.3, 0.4) is 0 Å². The Hall–Kier alpha value is -1.61. The quantitative estimate of drug-likeness (QED) is 0.611. The fourth-order valence-corrected chi connectivity index (χ4v) is 3.49. The molecular formula is C19H25NO2. The third-order valence-corrected chi connectivity index (χ3v) is 5.02. The molecule has 3 heteroatoms. The Morgan fingerprint density at radius 2 is 2.00 bits per heavy atom. The SMILES string of the molecule is COC(=O)C=Cc1ccc(C2CCCN2CC2CCC2)cc1. The van der Waals surface area contributed by atoms with E-state index in [-0.39, 0.29) is 5.97 Å². The highest BCUT2D eigenvalue weighted by Crippen LogP contribution is 2.36. The second kappa shape index (κ2) is 7.10. The lowest BCUT2D eigenvalue weighted by Crippen LogP contribution is -2.32. The summed E-state index contributed by atoms with van der Waals surface area (Å²) >= 11 is 0. The van der Waals surface area contributed by atoms with E-state index in [1.807, 2.05) is 0 Å². The summed E-state index contributed by atoms with van der Waals surface area (Å²) in [4.78, 5) is 13.8. The zero-order valence-electron chi connectivity index (χ0n) is 13.3. The fourth-order valence-electron chi connectivity index (χ4n) is 3.49. The van der Waals surface area contributed by atoms with Crippen molar-refractivity contribution in [3.63, 3.8) is 0 Å². The second-order valence-electron chi connectivity index (χ2n) is 6.47. The maximum absolute atomic E-state index is 11.1. The number of ether oxygens (including phenoxy) is 1. The molecule has 0 spiro atoms. The van der Waals surface area contributed by atoms with Gasteiger partial charge in [-0.15, -0.1) is 0 Å². The molecule has 0 radical (unpaired) electrons. The minimum Gasteiger partial charge on any atom is -0.466 e. The molecule has 118 valence electrons. The largest absolute Gasteiger partial charge is 0.466 e. The number of carbonyl (C=O) groups excluding carboxylic acids is 1. The lowest BCUT2D eigenvalue weighted by molar-refractivity contribution is -0.134. The maximum Gasteiger partial charge on any atom is 0.330 e. The number of methoxy groups -OCH3 is 1. The summed E-state index contributed by atoms with van der Waals surface area (Å²) in [6, 6.07) is 9.18. The molecule has 3 rings (SSSR count). The molecule has 0 bridgehead atoms. The van der Waals surface area contributed by atoms with Crippen LogP contribution in [0.1, 0.15) is 49.3 Å². The number of hydrogen-bond acceptors (Lipinski definition) is 3. The van der Waals surface area contributed by atoms with Crippen LogP contribution in [0.2, 0.25) is 0 Å². The van der Waals surface area contributed by atoms with Crippen molar-refractivity contribution in [2.75, 3.05) is 20.2 Å². The van der Waals surface area contributed by atoms with Crippen LogP contribution in [-0.2, 0) is 9.53 Å². The van der Waals surface area contributed by atoms with Gasteiger partial charge < -0.3 is 4.74 Å². The normalized spacial score (nSPS) is 22.9. The van der Waals surface area contributed by atoms with Crippen molar-refractivity contribution in [3.05, 3.63) is 41.5 Å². The number of hydrogen-bond donors (Lipinski definition) is 0. The summed E-state index contributed by atoms with van der Waals surface area (Å²) in [5.74, 6) is 0.620. The van der Waals surface area contributed by atoms with E-state index in [9.17, 15) is 4.79 Å². The number of rotatable bonds is 5. The lowest BCUT2D eigenvalue weighted by atomic mass is 9.85. The van der Waals surface area contributed by atoms with Crippen LogP contribution in [0, 0.1) is 5.92 Å². The third kappa shape index (κ3) is 3.58. The van der Waals surface area contributed by atoms with Gasteiger partial charge in [-0.3, -0.25) is 4.90 Å². The first-order valence-corrected chi connectivity index (χ1v) is 8.36. The summed E-state index contributed by atoms with van der Waals surface area (Å²) < 4.78 is 4.61. The van der Waals surface area contributed by atoms with Crippen LogP contribution in [0.5, 0.6) is 0 Å². The van der Waals surface area contributed by atoms with Gasteiger partial charge in [-0.05, 0) is 55.3 Å². The van der Waals surface area contributed by atoms with Crippen molar-refractivity contribution in [2.45, 2.75) is 38.1 Å². The number of likely N-dealkylation sites (tertiary alicyclic amines) is 1. The van der Waals surface area contributed by atoms with Gasteiger partial charge in [0.05, 0.1) is 7.11 Å². The van der Waals surface area contributed by atoms with Crippen LogP contribution >= 0.6 is 0 Å². The average molecular weight is 299 g/mol. The Labute approximate surface area is 133 Å². The monoisotopic (exact) mass is 299 g/mol. The molecule has 2 fully saturated rings. The van der Waals surface area contributed by atoms with E-state index in [2.05, 4.69) is 33.9 Å². The van der Waals surface area contributed by atoms with Gasteiger partial charge in [0.25, 0.3) is 0 Å². The molecule has 0 amide bonds. The maximum atomic E-state index is 11.1. The first-order valence-electron chi connectivity index (χ1n) is 8.36.